The number of aryl methyl sites for hydroxylation is 1. The molecule has 3 N–H and O–H groups in total. The fraction of sp³-hybridized carbons (Fsp3) is 0.364. The van der Waals surface area contributed by atoms with Gasteiger partial charge in [0.2, 0.25) is 15.9 Å². The SMILES string of the molecule is CNS(=O)(=O)Cc1ccccc1CNC(=O)[C@@H](NC(=O)c1ccc(C)cc1)C(C)C. The van der Waals surface area contributed by atoms with Crippen molar-refractivity contribution >= 4 is 21.8 Å². The van der Waals surface area contributed by atoms with Crippen LogP contribution in [0, 0.1) is 12.8 Å². The van der Waals surface area contributed by atoms with Crippen molar-refractivity contribution in [2.45, 2.75) is 39.1 Å². The Morgan fingerprint density at radius 1 is 0.967 bits per heavy atom. The summed E-state index contributed by atoms with van der Waals surface area (Å²) in [5.74, 6) is -0.937. The van der Waals surface area contributed by atoms with Crippen molar-refractivity contribution in [2.24, 2.45) is 5.92 Å². The second-order valence-corrected chi connectivity index (χ2v) is 9.44. The predicted molar refractivity (Wildman–Crippen MR) is 117 cm³/mol. The second kappa shape index (κ2) is 10.4. The average Bonchev–Trinajstić information content (AvgIpc) is 2.71. The fourth-order valence-corrected chi connectivity index (χ4v) is 3.74. The summed E-state index contributed by atoms with van der Waals surface area (Å²) in [6.45, 7) is 5.81. The second-order valence-electron chi connectivity index (χ2n) is 7.51. The lowest BCUT2D eigenvalue weighted by Crippen LogP contribution is -2.49. The van der Waals surface area contributed by atoms with E-state index in [1.807, 2.05) is 32.9 Å². The zero-order valence-corrected chi connectivity index (χ0v) is 18.5. The van der Waals surface area contributed by atoms with Crippen LogP contribution in [0.5, 0.6) is 0 Å². The lowest BCUT2D eigenvalue weighted by molar-refractivity contribution is -0.124. The first-order valence-electron chi connectivity index (χ1n) is 9.76. The molecule has 0 heterocycles. The summed E-state index contributed by atoms with van der Waals surface area (Å²) in [5.41, 5.74) is 2.85. The molecule has 0 unspecified atom stereocenters. The summed E-state index contributed by atoms with van der Waals surface area (Å²) in [6.07, 6.45) is 0. The van der Waals surface area contributed by atoms with Gasteiger partial charge in [0.25, 0.3) is 5.91 Å². The van der Waals surface area contributed by atoms with E-state index in [1.165, 1.54) is 7.05 Å². The van der Waals surface area contributed by atoms with Crippen molar-refractivity contribution in [3.05, 3.63) is 70.8 Å². The van der Waals surface area contributed by atoms with E-state index in [-0.39, 0.29) is 30.0 Å². The van der Waals surface area contributed by atoms with Crippen LogP contribution >= 0.6 is 0 Å². The Bertz CT molecular complexity index is 986. The van der Waals surface area contributed by atoms with Gasteiger partial charge in [-0.25, -0.2) is 13.1 Å². The van der Waals surface area contributed by atoms with Gasteiger partial charge >= 0.3 is 0 Å². The third kappa shape index (κ3) is 6.67. The summed E-state index contributed by atoms with van der Waals surface area (Å²) in [7, 11) is -2.07. The number of carbonyl (C=O) groups excluding carboxylic acids is 2. The van der Waals surface area contributed by atoms with E-state index in [1.54, 1.807) is 36.4 Å². The van der Waals surface area contributed by atoms with Crippen LogP contribution in [0.15, 0.2) is 48.5 Å². The molecule has 162 valence electrons. The van der Waals surface area contributed by atoms with Crippen LogP contribution in [0.3, 0.4) is 0 Å². The Kier molecular flexibility index (Phi) is 8.14. The Balaban J connectivity index is 2.07. The minimum absolute atomic E-state index is 0.126. The molecule has 0 aliphatic heterocycles. The van der Waals surface area contributed by atoms with Gasteiger partial charge in [-0.05, 0) is 43.1 Å². The quantitative estimate of drug-likeness (QED) is 0.566. The molecule has 0 fully saturated rings. The summed E-state index contributed by atoms with van der Waals surface area (Å²) in [4.78, 5) is 25.3. The average molecular weight is 432 g/mol. The normalized spacial score (nSPS) is 12.4. The summed E-state index contributed by atoms with van der Waals surface area (Å²) >= 11 is 0. The molecule has 2 aromatic rings. The van der Waals surface area contributed by atoms with Gasteiger partial charge in [0, 0.05) is 12.1 Å². The molecular formula is C22H29N3O4S. The van der Waals surface area contributed by atoms with E-state index in [2.05, 4.69) is 15.4 Å². The van der Waals surface area contributed by atoms with Gasteiger partial charge in [-0.15, -0.1) is 0 Å². The maximum Gasteiger partial charge on any atom is 0.251 e. The largest absolute Gasteiger partial charge is 0.350 e. The van der Waals surface area contributed by atoms with Crippen LogP contribution in [0.25, 0.3) is 0 Å². The van der Waals surface area contributed by atoms with Crippen molar-refractivity contribution in [1.29, 1.82) is 0 Å². The van der Waals surface area contributed by atoms with Gasteiger partial charge in [0.15, 0.2) is 0 Å². The van der Waals surface area contributed by atoms with Crippen molar-refractivity contribution in [1.82, 2.24) is 15.4 Å². The van der Waals surface area contributed by atoms with Crippen LogP contribution in [0.1, 0.15) is 40.9 Å². The Labute approximate surface area is 178 Å². The molecule has 0 bridgehead atoms. The molecule has 7 nitrogen and oxygen atoms in total. The molecule has 0 aliphatic rings. The zero-order chi connectivity index (χ0) is 22.3. The van der Waals surface area contributed by atoms with Gasteiger partial charge in [-0.3, -0.25) is 9.59 Å². The van der Waals surface area contributed by atoms with Crippen molar-refractivity contribution in [2.75, 3.05) is 7.05 Å². The highest BCUT2D eigenvalue weighted by Crippen LogP contribution is 2.13. The molecule has 0 aromatic heterocycles. The van der Waals surface area contributed by atoms with Gasteiger partial charge in [0.1, 0.15) is 6.04 Å². The van der Waals surface area contributed by atoms with E-state index in [0.29, 0.717) is 16.7 Å². The summed E-state index contributed by atoms with van der Waals surface area (Å²) in [5, 5.41) is 5.61. The molecule has 8 heteroatoms. The first-order chi connectivity index (χ1) is 14.1. The van der Waals surface area contributed by atoms with Crippen molar-refractivity contribution in [3.8, 4) is 0 Å². The topological polar surface area (TPSA) is 104 Å². The molecule has 30 heavy (non-hydrogen) atoms. The van der Waals surface area contributed by atoms with Crippen LogP contribution in [-0.4, -0.2) is 33.3 Å². The minimum atomic E-state index is -3.43. The van der Waals surface area contributed by atoms with Gasteiger partial charge in [0.05, 0.1) is 5.75 Å². The summed E-state index contributed by atoms with van der Waals surface area (Å²) < 4.78 is 26.1. The molecule has 1 atom stereocenters. The van der Waals surface area contributed by atoms with E-state index < -0.39 is 16.1 Å². The Hall–Kier alpha value is -2.71. The lowest BCUT2D eigenvalue weighted by Gasteiger charge is -2.22. The number of nitrogens with one attached hydrogen (secondary N) is 3. The van der Waals surface area contributed by atoms with E-state index >= 15 is 0 Å². The first-order valence-corrected chi connectivity index (χ1v) is 11.4. The molecule has 0 radical (unpaired) electrons. The Morgan fingerprint density at radius 2 is 1.57 bits per heavy atom. The zero-order valence-electron chi connectivity index (χ0n) is 17.7. The highest BCUT2D eigenvalue weighted by molar-refractivity contribution is 7.88. The minimum Gasteiger partial charge on any atom is -0.350 e. The molecule has 0 aliphatic carbocycles. The maximum atomic E-state index is 12.8. The summed E-state index contributed by atoms with van der Waals surface area (Å²) in [6, 6.07) is 13.4. The van der Waals surface area contributed by atoms with Gasteiger partial charge in [-0.1, -0.05) is 55.8 Å². The monoisotopic (exact) mass is 431 g/mol. The molecule has 2 amide bonds. The standard InChI is InChI=1S/C22H29N3O4S/c1-15(2)20(25-21(26)17-11-9-16(3)10-12-17)22(27)24-13-18-7-5-6-8-19(18)14-30(28,29)23-4/h5-12,15,20,23H,13-14H2,1-4H3,(H,24,27)(H,25,26)/t20-/m0/s1. The number of hydrogen-bond donors (Lipinski definition) is 3. The number of rotatable bonds is 9. The van der Waals surface area contributed by atoms with Crippen LogP contribution < -0.4 is 15.4 Å². The van der Waals surface area contributed by atoms with Gasteiger partial charge < -0.3 is 10.6 Å². The smallest absolute Gasteiger partial charge is 0.251 e. The molecule has 0 saturated carbocycles. The lowest BCUT2D eigenvalue weighted by atomic mass is 10.0. The van der Waals surface area contributed by atoms with Crippen LogP contribution in [0.2, 0.25) is 0 Å². The molecule has 2 aromatic carbocycles. The highest BCUT2D eigenvalue weighted by atomic mass is 32.2. The third-order valence-electron chi connectivity index (χ3n) is 4.78. The number of hydrogen-bond acceptors (Lipinski definition) is 4. The predicted octanol–water partition coefficient (Wildman–Crippen LogP) is 2.12. The highest BCUT2D eigenvalue weighted by Gasteiger charge is 2.24. The van der Waals surface area contributed by atoms with E-state index in [9.17, 15) is 18.0 Å². The number of sulfonamides is 1. The molecule has 0 spiro atoms. The first kappa shape index (κ1) is 23.6. The number of benzene rings is 2. The Morgan fingerprint density at radius 3 is 2.13 bits per heavy atom. The fourth-order valence-electron chi connectivity index (χ4n) is 2.90. The van der Waals surface area contributed by atoms with Crippen molar-refractivity contribution in [3.63, 3.8) is 0 Å². The van der Waals surface area contributed by atoms with Crippen molar-refractivity contribution < 1.29 is 18.0 Å². The van der Waals surface area contributed by atoms with Crippen LogP contribution in [-0.2, 0) is 27.1 Å². The third-order valence-corrected chi connectivity index (χ3v) is 6.09. The van der Waals surface area contributed by atoms with E-state index in [4.69, 9.17) is 0 Å². The molecule has 0 saturated heterocycles. The van der Waals surface area contributed by atoms with E-state index in [0.717, 1.165) is 5.56 Å². The van der Waals surface area contributed by atoms with Crippen LogP contribution in [0.4, 0.5) is 0 Å². The van der Waals surface area contributed by atoms with Gasteiger partial charge in [-0.2, -0.15) is 0 Å². The maximum absolute atomic E-state index is 12.8. The number of carbonyl (C=O) groups is 2. The molecule has 2 rings (SSSR count). The molecular weight excluding hydrogens is 402 g/mol. The number of amides is 2.